The molecule has 0 bridgehead atoms. The first kappa shape index (κ1) is 21.4. The Morgan fingerprint density at radius 2 is 1.45 bits per heavy atom. The Morgan fingerprint density at radius 1 is 0.806 bits per heavy atom. The zero-order valence-corrected chi connectivity index (χ0v) is 18.3. The third kappa shape index (κ3) is 6.09. The number of piperidine rings is 1. The van der Waals surface area contributed by atoms with Gasteiger partial charge in [0.05, 0.1) is 0 Å². The molecule has 1 N–H and O–H groups in total. The predicted octanol–water partition coefficient (Wildman–Crippen LogP) is 4.73. The summed E-state index contributed by atoms with van der Waals surface area (Å²) >= 11 is 0. The summed E-state index contributed by atoms with van der Waals surface area (Å²) in [4.78, 5) is 28.6. The van der Waals surface area contributed by atoms with Crippen molar-refractivity contribution >= 4 is 17.6 Å². The van der Waals surface area contributed by atoms with E-state index in [1.54, 1.807) is 0 Å². The van der Waals surface area contributed by atoms with Crippen molar-refractivity contribution in [2.75, 3.05) is 31.5 Å². The van der Waals surface area contributed by atoms with Crippen LogP contribution in [0.5, 0.6) is 0 Å². The molecular formula is C26H33N3O2. The number of rotatable bonds is 6. The average molecular weight is 420 g/mol. The number of nitrogens with one attached hydrogen (secondary N) is 1. The van der Waals surface area contributed by atoms with E-state index >= 15 is 0 Å². The van der Waals surface area contributed by atoms with E-state index in [9.17, 15) is 9.59 Å². The monoisotopic (exact) mass is 419 g/mol. The smallest absolute Gasteiger partial charge is 0.321 e. The first-order valence-electron chi connectivity index (χ1n) is 11.6. The maximum absolute atomic E-state index is 12.5. The van der Waals surface area contributed by atoms with E-state index in [2.05, 4.69) is 29.6 Å². The summed E-state index contributed by atoms with van der Waals surface area (Å²) in [6.07, 6.45) is 6.87. The Balaban J connectivity index is 1.19. The van der Waals surface area contributed by atoms with Crippen LogP contribution in [0, 0.1) is 5.92 Å². The van der Waals surface area contributed by atoms with Crippen molar-refractivity contribution in [1.82, 2.24) is 9.80 Å². The van der Waals surface area contributed by atoms with Gasteiger partial charge in [-0.25, -0.2) is 4.79 Å². The van der Waals surface area contributed by atoms with Crippen molar-refractivity contribution in [2.45, 2.75) is 44.9 Å². The second-order valence-corrected chi connectivity index (χ2v) is 8.84. The highest BCUT2D eigenvalue weighted by Gasteiger charge is 2.23. The van der Waals surface area contributed by atoms with Gasteiger partial charge in [-0.1, -0.05) is 42.5 Å². The minimum atomic E-state index is -0.00233. The lowest BCUT2D eigenvalue weighted by atomic mass is 9.90. The van der Waals surface area contributed by atoms with Crippen molar-refractivity contribution in [3.05, 3.63) is 65.7 Å². The van der Waals surface area contributed by atoms with Crippen LogP contribution < -0.4 is 5.32 Å². The lowest BCUT2D eigenvalue weighted by molar-refractivity contribution is -0.130. The van der Waals surface area contributed by atoms with E-state index in [-0.39, 0.29) is 6.03 Å². The predicted molar refractivity (Wildman–Crippen MR) is 124 cm³/mol. The molecule has 4 rings (SSSR count). The number of aryl methyl sites for hydroxylation is 1. The van der Waals surface area contributed by atoms with Crippen molar-refractivity contribution in [3.8, 4) is 0 Å². The molecule has 2 aliphatic heterocycles. The highest BCUT2D eigenvalue weighted by atomic mass is 16.2. The number of nitrogens with zero attached hydrogens (tertiary/aromatic N) is 2. The normalized spacial score (nSPS) is 17.0. The van der Waals surface area contributed by atoms with Crippen LogP contribution in [0.4, 0.5) is 10.5 Å². The molecule has 0 atom stereocenters. The Hall–Kier alpha value is -2.82. The maximum atomic E-state index is 12.5. The van der Waals surface area contributed by atoms with Crippen LogP contribution in [0.2, 0.25) is 0 Å². The zero-order valence-electron chi connectivity index (χ0n) is 18.3. The van der Waals surface area contributed by atoms with Gasteiger partial charge in [-0.2, -0.15) is 0 Å². The number of anilines is 1. The standard InChI is InChI=1S/C26H33N3O2/c30-25(28-16-4-5-17-28)13-12-21-8-10-22(11-9-21)20-23-14-18-29(19-15-23)26(31)27-24-6-2-1-3-7-24/h1-3,6-11,23H,4-5,12-20H2,(H,27,31). The van der Waals surface area contributed by atoms with Crippen LogP contribution in [0.25, 0.3) is 0 Å². The fourth-order valence-corrected chi connectivity index (χ4v) is 4.62. The molecule has 2 aromatic rings. The highest BCUT2D eigenvalue weighted by Crippen LogP contribution is 2.23. The molecule has 0 radical (unpaired) electrons. The van der Waals surface area contributed by atoms with E-state index in [1.165, 1.54) is 11.1 Å². The molecule has 2 fully saturated rings. The molecule has 0 aliphatic carbocycles. The summed E-state index contributed by atoms with van der Waals surface area (Å²) in [5.74, 6) is 0.910. The second-order valence-electron chi connectivity index (χ2n) is 8.84. The van der Waals surface area contributed by atoms with Gasteiger partial charge < -0.3 is 15.1 Å². The van der Waals surface area contributed by atoms with Gasteiger partial charge in [0.2, 0.25) is 5.91 Å². The highest BCUT2D eigenvalue weighted by molar-refractivity contribution is 5.89. The van der Waals surface area contributed by atoms with Gasteiger partial charge in [-0.3, -0.25) is 4.79 Å². The third-order valence-corrected chi connectivity index (χ3v) is 6.56. The number of benzene rings is 2. The fourth-order valence-electron chi connectivity index (χ4n) is 4.62. The number of carbonyl (C=O) groups is 2. The van der Waals surface area contributed by atoms with E-state index in [0.29, 0.717) is 18.2 Å². The first-order valence-corrected chi connectivity index (χ1v) is 11.6. The van der Waals surface area contributed by atoms with Crippen molar-refractivity contribution in [2.24, 2.45) is 5.92 Å². The molecule has 3 amide bonds. The molecule has 31 heavy (non-hydrogen) atoms. The maximum Gasteiger partial charge on any atom is 0.321 e. The largest absolute Gasteiger partial charge is 0.343 e. The minimum absolute atomic E-state index is 0.00233. The van der Waals surface area contributed by atoms with Crippen LogP contribution in [-0.2, 0) is 17.6 Å². The van der Waals surface area contributed by atoms with Crippen LogP contribution in [0.1, 0.15) is 43.2 Å². The van der Waals surface area contributed by atoms with Crippen LogP contribution in [0.15, 0.2) is 54.6 Å². The Labute approximate surface area is 185 Å². The number of urea groups is 1. The molecule has 5 nitrogen and oxygen atoms in total. The molecule has 5 heteroatoms. The van der Waals surface area contributed by atoms with Gasteiger partial charge in [-0.05, 0) is 67.7 Å². The Kier molecular flexibility index (Phi) is 7.23. The molecule has 2 aromatic carbocycles. The van der Waals surface area contributed by atoms with Gasteiger partial charge in [0.15, 0.2) is 0 Å². The molecule has 0 spiro atoms. The molecule has 2 saturated heterocycles. The van der Waals surface area contributed by atoms with E-state index in [0.717, 1.165) is 70.4 Å². The molecular weight excluding hydrogens is 386 g/mol. The van der Waals surface area contributed by atoms with Gasteiger partial charge in [0, 0.05) is 38.3 Å². The third-order valence-electron chi connectivity index (χ3n) is 6.56. The lowest BCUT2D eigenvalue weighted by Crippen LogP contribution is -2.41. The van der Waals surface area contributed by atoms with Crippen LogP contribution >= 0.6 is 0 Å². The van der Waals surface area contributed by atoms with E-state index < -0.39 is 0 Å². The second kappa shape index (κ2) is 10.5. The van der Waals surface area contributed by atoms with E-state index in [4.69, 9.17) is 0 Å². The summed E-state index contributed by atoms with van der Waals surface area (Å²) in [6, 6.07) is 18.4. The number of likely N-dealkylation sites (tertiary alicyclic amines) is 2. The quantitative estimate of drug-likeness (QED) is 0.736. The number of hydrogen-bond acceptors (Lipinski definition) is 2. The average Bonchev–Trinajstić information content (AvgIpc) is 3.35. The summed E-state index contributed by atoms with van der Waals surface area (Å²) in [6.45, 7) is 3.48. The minimum Gasteiger partial charge on any atom is -0.343 e. The van der Waals surface area contributed by atoms with Gasteiger partial charge in [0.1, 0.15) is 0 Å². The zero-order chi connectivity index (χ0) is 21.5. The topological polar surface area (TPSA) is 52.7 Å². The van der Waals surface area contributed by atoms with Crippen LogP contribution in [0.3, 0.4) is 0 Å². The molecule has 164 valence electrons. The first-order chi connectivity index (χ1) is 15.2. The SMILES string of the molecule is O=C(CCc1ccc(CC2CCN(C(=O)Nc3ccccc3)CC2)cc1)N1CCCC1. The molecule has 2 aliphatic rings. The molecule has 0 unspecified atom stereocenters. The number of hydrogen-bond donors (Lipinski definition) is 1. The van der Waals surface area contributed by atoms with Crippen molar-refractivity contribution < 1.29 is 9.59 Å². The van der Waals surface area contributed by atoms with Gasteiger partial charge in [-0.15, -0.1) is 0 Å². The molecule has 0 aromatic heterocycles. The summed E-state index contributed by atoms with van der Waals surface area (Å²) in [5, 5.41) is 2.98. The Bertz CT molecular complexity index is 852. The summed E-state index contributed by atoms with van der Waals surface area (Å²) in [7, 11) is 0. The fraction of sp³-hybridized carbons (Fsp3) is 0.462. The van der Waals surface area contributed by atoms with Crippen molar-refractivity contribution in [3.63, 3.8) is 0 Å². The molecule has 2 heterocycles. The van der Waals surface area contributed by atoms with Gasteiger partial charge in [0.25, 0.3) is 0 Å². The molecule has 0 saturated carbocycles. The van der Waals surface area contributed by atoms with Crippen LogP contribution in [-0.4, -0.2) is 47.9 Å². The van der Waals surface area contributed by atoms with Gasteiger partial charge >= 0.3 is 6.03 Å². The van der Waals surface area contributed by atoms with E-state index in [1.807, 2.05) is 40.1 Å². The summed E-state index contributed by atoms with van der Waals surface area (Å²) < 4.78 is 0. The Morgan fingerprint density at radius 3 is 2.13 bits per heavy atom. The number of para-hydroxylation sites is 1. The lowest BCUT2D eigenvalue weighted by Gasteiger charge is -2.32. The summed E-state index contributed by atoms with van der Waals surface area (Å²) in [5.41, 5.74) is 3.43. The van der Waals surface area contributed by atoms with Crippen molar-refractivity contribution in [1.29, 1.82) is 0 Å². The number of amides is 3. The number of carbonyl (C=O) groups excluding carboxylic acids is 2.